The lowest BCUT2D eigenvalue weighted by Gasteiger charge is -2.17. The number of fused-ring (bicyclic) bond motifs is 1. The van der Waals surface area contributed by atoms with Crippen LogP contribution < -0.4 is 10.2 Å². The summed E-state index contributed by atoms with van der Waals surface area (Å²) >= 11 is 0. The third-order valence-electron chi connectivity index (χ3n) is 4.68. The van der Waals surface area contributed by atoms with Gasteiger partial charge in [0.25, 0.3) is 0 Å². The van der Waals surface area contributed by atoms with Crippen molar-refractivity contribution in [2.45, 2.75) is 32.2 Å². The van der Waals surface area contributed by atoms with Gasteiger partial charge in [-0.2, -0.15) is 0 Å². The molecule has 3 amide bonds. The van der Waals surface area contributed by atoms with Crippen LogP contribution in [0, 0.1) is 0 Å². The number of rotatable bonds is 5. The zero-order chi connectivity index (χ0) is 16.8. The summed E-state index contributed by atoms with van der Waals surface area (Å²) in [5, 5.41) is 3.27. The van der Waals surface area contributed by atoms with Crippen molar-refractivity contribution >= 4 is 23.3 Å². The zero-order valence-electron chi connectivity index (χ0n) is 14.0. The molecule has 3 heterocycles. The lowest BCUT2D eigenvalue weighted by molar-refractivity contribution is -0.123. The van der Waals surface area contributed by atoms with E-state index in [1.165, 1.54) is 35.3 Å². The molecular weight excluding hydrogens is 306 g/mol. The van der Waals surface area contributed by atoms with E-state index in [-0.39, 0.29) is 18.5 Å². The number of imide groups is 1. The Morgan fingerprint density at radius 2 is 2.08 bits per heavy atom. The van der Waals surface area contributed by atoms with Crippen LogP contribution >= 0.6 is 0 Å². The Kier molecular flexibility index (Phi) is 3.53. The number of anilines is 1. The highest BCUT2D eigenvalue weighted by molar-refractivity contribution is 6.13. The molecule has 1 aliphatic carbocycles. The van der Waals surface area contributed by atoms with E-state index < -0.39 is 0 Å². The second kappa shape index (κ2) is 5.59. The number of amides is 3. The van der Waals surface area contributed by atoms with Gasteiger partial charge in [0.2, 0.25) is 5.91 Å². The summed E-state index contributed by atoms with van der Waals surface area (Å²) in [7, 11) is 1.52. The largest absolute Gasteiger partial charge is 0.331 e. The minimum atomic E-state index is -0.286. The molecule has 1 N–H and O–H groups in total. The smallest absolute Gasteiger partial charge is 0.311 e. The average Bonchev–Trinajstić information content (AvgIpc) is 3.30. The molecule has 1 aliphatic heterocycles. The summed E-state index contributed by atoms with van der Waals surface area (Å²) in [4.78, 5) is 31.7. The Morgan fingerprint density at radius 1 is 1.29 bits per heavy atom. The van der Waals surface area contributed by atoms with Crippen LogP contribution in [-0.4, -0.2) is 46.4 Å². The molecule has 0 radical (unpaired) electrons. The van der Waals surface area contributed by atoms with Gasteiger partial charge in [0.05, 0.1) is 11.4 Å². The first-order chi connectivity index (χ1) is 11.6. The lowest BCUT2D eigenvalue weighted by atomic mass is 10.1. The highest BCUT2D eigenvalue weighted by atomic mass is 16.2. The first-order valence-electron chi connectivity index (χ1n) is 8.38. The van der Waals surface area contributed by atoms with Gasteiger partial charge in [0, 0.05) is 26.0 Å². The van der Waals surface area contributed by atoms with Crippen molar-refractivity contribution < 1.29 is 9.59 Å². The minimum absolute atomic E-state index is 0.0779. The number of hydrogen-bond acceptors (Lipinski definition) is 4. The van der Waals surface area contributed by atoms with E-state index in [2.05, 4.69) is 23.4 Å². The second-order valence-corrected chi connectivity index (χ2v) is 6.50. The molecule has 2 aromatic rings. The molecule has 1 saturated heterocycles. The van der Waals surface area contributed by atoms with Crippen LogP contribution in [0.5, 0.6) is 0 Å². The Bertz CT molecular complexity index is 824. The van der Waals surface area contributed by atoms with E-state index in [9.17, 15) is 9.59 Å². The third kappa shape index (κ3) is 2.45. The van der Waals surface area contributed by atoms with Crippen LogP contribution in [0.25, 0.3) is 5.65 Å². The van der Waals surface area contributed by atoms with Gasteiger partial charge in [0.1, 0.15) is 6.54 Å². The standard InChI is InChI=1S/C17H21N5O2/c1-3-18-7-13-9-21-8-12(11-4-5-11)6-14(16(21)19-13)22-10-15(23)20(2)17(22)24/h6,8-9,11,18H,3-5,7,10H2,1-2H3. The number of aromatic nitrogens is 2. The fourth-order valence-electron chi connectivity index (χ4n) is 3.11. The molecule has 0 unspecified atom stereocenters. The van der Waals surface area contributed by atoms with Gasteiger partial charge in [-0.05, 0) is 36.9 Å². The Balaban J connectivity index is 1.81. The maximum absolute atomic E-state index is 12.4. The molecule has 24 heavy (non-hydrogen) atoms. The lowest BCUT2D eigenvalue weighted by Crippen LogP contribution is -2.30. The van der Waals surface area contributed by atoms with E-state index in [1.54, 1.807) is 0 Å². The number of urea groups is 1. The van der Waals surface area contributed by atoms with E-state index in [4.69, 9.17) is 0 Å². The molecule has 7 nitrogen and oxygen atoms in total. The van der Waals surface area contributed by atoms with Crippen LogP contribution in [0.1, 0.15) is 36.9 Å². The predicted molar refractivity (Wildman–Crippen MR) is 90.1 cm³/mol. The summed E-state index contributed by atoms with van der Waals surface area (Å²) in [5.74, 6) is 0.369. The molecular formula is C17H21N5O2. The Morgan fingerprint density at radius 3 is 2.71 bits per heavy atom. The molecule has 0 atom stereocenters. The van der Waals surface area contributed by atoms with E-state index in [0.717, 1.165) is 23.6 Å². The predicted octanol–water partition coefficient (Wildman–Crippen LogP) is 1.72. The number of nitrogens with one attached hydrogen (secondary N) is 1. The Labute approximate surface area is 140 Å². The highest BCUT2D eigenvalue weighted by Crippen LogP contribution is 2.42. The highest BCUT2D eigenvalue weighted by Gasteiger charge is 2.36. The van der Waals surface area contributed by atoms with Gasteiger partial charge in [-0.25, -0.2) is 9.78 Å². The zero-order valence-corrected chi connectivity index (χ0v) is 14.0. The van der Waals surface area contributed by atoms with E-state index in [0.29, 0.717) is 12.5 Å². The van der Waals surface area contributed by atoms with Gasteiger partial charge in [-0.3, -0.25) is 14.6 Å². The molecule has 4 rings (SSSR count). The number of likely N-dealkylation sites (N-methyl/N-ethyl adjacent to an activating group) is 1. The Hall–Kier alpha value is -2.41. The van der Waals surface area contributed by atoms with Crippen LogP contribution in [0.4, 0.5) is 10.5 Å². The van der Waals surface area contributed by atoms with Gasteiger partial charge in [-0.1, -0.05) is 6.92 Å². The monoisotopic (exact) mass is 327 g/mol. The topological polar surface area (TPSA) is 70.0 Å². The van der Waals surface area contributed by atoms with E-state index in [1.807, 2.05) is 16.7 Å². The number of carbonyl (C=O) groups is 2. The second-order valence-electron chi connectivity index (χ2n) is 6.50. The van der Waals surface area contributed by atoms with Gasteiger partial charge in [0.15, 0.2) is 5.65 Å². The fourth-order valence-corrected chi connectivity index (χ4v) is 3.11. The molecule has 7 heteroatoms. The fraction of sp³-hybridized carbons (Fsp3) is 0.471. The molecule has 2 fully saturated rings. The number of carbonyl (C=O) groups excluding carboxylic acids is 2. The molecule has 126 valence electrons. The average molecular weight is 327 g/mol. The summed E-state index contributed by atoms with van der Waals surface area (Å²) < 4.78 is 1.99. The normalized spacial score (nSPS) is 18.2. The molecule has 0 bridgehead atoms. The molecule has 0 aromatic carbocycles. The summed E-state index contributed by atoms with van der Waals surface area (Å²) in [5.41, 5.74) is 3.59. The van der Waals surface area contributed by atoms with E-state index >= 15 is 0 Å². The summed E-state index contributed by atoms with van der Waals surface area (Å²) in [6.45, 7) is 3.69. The third-order valence-corrected chi connectivity index (χ3v) is 4.68. The molecule has 2 aliphatic rings. The van der Waals surface area contributed by atoms with Crippen LogP contribution in [0.3, 0.4) is 0 Å². The maximum atomic E-state index is 12.4. The quantitative estimate of drug-likeness (QED) is 0.849. The van der Waals surface area contributed by atoms with Crippen LogP contribution in [-0.2, 0) is 11.3 Å². The van der Waals surface area contributed by atoms with Crippen molar-refractivity contribution in [2.24, 2.45) is 0 Å². The SMILES string of the molecule is CCNCc1cn2cc(C3CC3)cc(N3CC(=O)N(C)C3=O)c2n1. The van der Waals surface area contributed by atoms with Gasteiger partial charge >= 0.3 is 6.03 Å². The maximum Gasteiger partial charge on any atom is 0.331 e. The van der Waals surface area contributed by atoms with Crippen molar-refractivity contribution in [3.05, 3.63) is 29.7 Å². The first-order valence-corrected chi connectivity index (χ1v) is 8.38. The summed E-state index contributed by atoms with van der Waals surface area (Å²) in [6, 6.07) is 1.74. The minimum Gasteiger partial charge on any atom is -0.311 e. The first kappa shape index (κ1) is 15.1. The summed E-state index contributed by atoms with van der Waals surface area (Å²) in [6.07, 6.45) is 6.46. The van der Waals surface area contributed by atoms with Crippen LogP contribution in [0.2, 0.25) is 0 Å². The number of nitrogens with zero attached hydrogens (tertiary/aromatic N) is 4. The van der Waals surface area contributed by atoms with Crippen LogP contribution in [0.15, 0.2) is 18.5 Å². The number of imidazole rings is 1. The molecule has 1 saturated carbocycles. The van der Waals surface area contributed by atoms with Crippen molar-refractivity contribution in [1.82, 2.24) is 19.6 Å². The number of pyridine rings is 1. The van der Waals surface area contributed by atoms with Gasteiger partial charge < -0.3 is 9.72 Å². The number of hydrogen-bond donors (Lipinski definition) is 1. The van der Waals surface area contributed by atoms with Crippen molar-refractivity contribution in [3.8, 4) is 0 Å². The molecule has 2 aromatic heterocycles. The van der Waals surface area contributed by atoms with Crippen molar-refractivity contribution in [1.29, 1.82) is 0 Å². The van der Waals surface area contributed by atoms with Crippen molar-refractivity contribution in [2.75, 3.05) is 25.0 Å². The van der Waals surface area contributed by atoms with Gasteiger partial charge in [-0.15, -0.1) is 0 Å². The van der Waals surface area contributed by atoms with Crippen molar-refractivity contribution in [3.63, 3.8) is 0 Å². The molecule has 0 spiro atoms.